The molecule has 1 heterocycles. The second-order valence-electron chi connectivity index (χ2n) is 6.87. The molecule has 0 unspecified atom stereocenters. The summed E-state index contributed by atoms with van der Waals surface area (Å²) in [7, 11) is 0. The summed E-state index contributed by atoms with van der Waals surface area (Å²) in [5.41, 5.74) is -7.07. The fourth-order valence-corrected chi connectivity index (χ4v) is 4.34. The topological polar surface area (TPSA) is 29.5 Å². The highest BCUT2D eigenvalue weighted by Crippen LogP contribution is 2.55. The molecule has 1 aliphatic heterocycles. The maximum absolute atomic E-state index is 14.3. The molecule has 158 valence electrons. The molecule has 0 N–H and O–H groups in total. The molecule has 1 aromatic carbocycles. The summed E-state index contributed by atoms with van der Waals surface area (Å²) in [5.74, 6) is -2.04. The van der Waals surface area contributed by atoms with Gasteiger partial charge < -0.3 is 0 Å². The van der Waals surface area contributed by atoms with E-state index in [2.05, 4.69) is 0 Å². The van der Waals surface area contributed by atoms with Gasteiger partial charge in [-0.1, -0.05) is 59.8 Å². The number of carbonyl (C=O) groups is 1. The first-order chi connectivity index (χ1) is 12.8. The van der Waals surface area contributed by atoms with Crippen LogP contribution in [0.4, 0.5) is 30.7 Å². The van der Waals surface area contributed by atoms with Gasteiger partial charge in [0.25, 0.3) is 11.6 Å². The molecule has 1 fully saturated rings. The van der Waals surface area contributed by atoms with Gasteiger partial charge in [-0.2, -0.15) is 26.3 Å². The summed E-state index contributed by atoms with van der Waals surface area (Å²) in [6.07, 6.45) is -14.5. The lowest BCUT2D eigenvalue weighted by Crippen LogP contribution is -2.57. The highest BCUT2D eigenvalue weighted by Gasteiger charge is 2.75. The highest BCUT2D eigenvalue weighted by molar-refractivity contribution is 14.1. The van der Waals surface area contributed by atoms with Gasteiger partial charge in [0.15, 0.2) is 0 Å². The quantitative estimate of drug-likeness (QED) is 0.288. The van der Waals surface area contributed by atoms with Crippen molar-refractivity contribution >= 4 is 28.5 Å². The van der Waals surface area contributed by atoms with Crippen LogP contribution in [-0.4, -0.2) is 40.0 Å². The van der Waals surface area contributed by atoms with Crippen molar-refractivity contribution in [3.8, 4) is 0 Å². The molecule has 0 bridgehead atoms. The van der Waals surface area contributed by atoms with Crippen LogP contribution in [-0.2, 0) is 16.2 Å². The highest BCUT2D eigenvalue weighted by atomic mass is 127. The lowest BCUT2D eigenvalue weighted by Gasteiger charge is -2.37. The van der Waals surface area contributed by atoms with E-state index in [4.69, 9.17) is 4.84 Å². The van der Waals surface area contributed by atoms with Crippen LogP contribution in [0.5, 0.6) is 0 Å². The predicted octanol–water partition coefficient (Wildman–Crippen LogP) is 5.24. The second kappa shape index (κ2) is 7.96. The van der Waals surface area contributed by atoms with E-state index >= 15 is 0 Å². The lowest BCUT2D eigenvalue weighted by atomic mass is 9.72. The Kier molecular flexibility index (Phi) is 6.59. The van der Waals surface area contributed by atoms with Crippen LogP contribution in [0.15, 0.2) is 30.3 Å². The monoisotopic (exact) mass is 527 g/mol. The van der Waals surface area contributed by atoms with Gasteiger partial charge >= 0.3 is 12.4 Å². The van der Waals surface area contributed by atoms with Crippen molar-refractivity contribution in [2.24, 2.45) is 11.3 Å². The third-order valence-electron chi connectivity index (χ3n) is 4.93. The first kappa shape index (κ1) is 23.2. The Bertz CT molecular complexity index is 681. The number of rotatable bonds is 6. The number of nitrogens with zero attached hydrogens (tertiary/aromatic N) is 1. The SMILES string of the molecule is C[C@@]1(CC(F)(C(F)(F)F)C(F)(F)F)C(=O)N(OCc2ccccc2)C[C@H]1CI. The van der Waals surface area contributed by atoms with Crippen LogP contribution in [0.25, 0.3) is 0 Å². The number of amides is 1. The molecule has 28 heavy (non-hydrogen) atoms. The molecule has 3 nitrogen and oxygen atoms in total. The van der Waals surface area contributed by atoms with Crippen molar-refractivity contribution in [1.82, 2.24) is 5.06 Å². The van der Waals surface area contributed by atoms with E-state index in [1.165, 1.54) is 0 Å². The number of hydrogen-bond acceptors (Lipinski definition) is 2. The van der Waals surface area contributed by atoms with Crippen molar-refractivity contribution in [3.05, 3.63) is 35.9 Å². The van der Waals surface area contributed by atoms with Crippen LogP contribution >= 0.6 is 22.6 Å². The van der Waals surface area contributed by atoms with Crippen molar-refractivity contribution < 1.29 is 40.4 Å². The molecule has 0 saturated carbocycles. The number of hydrogen-bond donors (Lipinski definition) is 0. The Morgan fingerprint density at radius 3 is 2.11 bits per heavy atom. The van der Waals surface area contributed by atoms with Crippen molar-refractivity contribution in [2.45, 2.75) is 38.0 Å². The van der Waals surface area contributed by atoms with E-state index in [9.17, 15) is 35.5 Å². The summed E-state index contributed by atoms with van der Waals surface area (Å²) in [5, 5.41) is 0.740. The maximum atomic E-state index is 14.3. The fraction of sp³-hybridized carbons (Fsp3) is 0.588. The normalized spacial score (nSPS) is 24.1. The summed E-state index contributed by atoms with van der Waals surface area (Å²) < 4.78 is 92.3. The van der Waals surface area contributed by atoms with Crippen LogP contribution in [0, 0.1) is 11.3 Å². The Hall–Kier alpha value is -1.11. The first-order valence-corrected chi connectivity index (χ1v) is 9.66. The minimum Gasteiger partial charge on any atom is -0.272 e. The van der Waals surface area contributed by atoms with Gasteiger partial charge in [0.2, 0.25) is 0 Å². The van der Waals surface area contributed by atoms with Crippen LogP contribution in [0.1, 0.15) is 18.9 Å². The van der Waals surface area contributed by atoms with Crippen molar-refractivity contribution in [3.63, 3.8) is 0 Å². The molecule has 11 heteroatoms. The van der Waals surface area contributed by atoms with E-state index in [-0.39, 0.29) is 17.6 Å². The zero-order valence-electron chi connectivity index (χ0n) is 14.6. The molecular formula is C17H17F7INO2. The zero-order valence-corrected chi connectivity index (χ0v) is 16.7. The van der Waals surface area contributed by atoms with Gasteiger partial charge in [0.1, 0.15) is 6.61 Å². The first-order valence-electron chi connectivity index (χ1n) is 8.13. The van der Waals surface area contributed by atoms with Gasteiger partial charge in [-0.05, 0) is 5.56 Å². The average Bonchev–Trinajstić information content (AvgIpc) is 2.82. The zero-order chi connectivity index (χ0) is 21.4. The fourth-order valence-electron chi connectivity index (χ4n) is 3.09. The van der Waals surface area contributed by atoms with E-state index in [0.717, 1.165) is 12.0 Å². The molecule has 0 radical (unpaired) electrons. The Labute approximate surface area is 170 Å². The molecule has 1 amide bonds. The van der Waals surface area contributed by atoms with Crippen LogP contribution in [0.2, 0.25) is 0 Å². The largest absolute Gasteiger partial charge is 0.431 e. The predicted molar refractivity (Wildman–Crippen MR) is 94.0 cm³/mol. The molecule has 1 aromatic rings. The van der Waals surface area contributed by atoms with Crippen molar-refractivity contribution in [1.29, 1.82) is 0 Å². The molecule has 2 rings (SSSR count). The molecule has 2 atom stereocenters. The third kappa shape index (κ3) is 4.24. The minimum absolute atomic E-state index is 0.0526. The summed E-state index contributed by atoms with van der Waals surface area (Å²) in [6.45, 7) is 0.600. The standard InChI is InChI=1S/C17H17F7INO2/c1-14(10-15(18,16(19,20)21)17(22,23)24)12(7-25)8-26(13(14)27)28-9-11-5-3-2-4-6-11/h2-6,12H,7-10H2,1H3/t12-,14+/m1/s1. The van der Waals surface area contributed by atoms with E-state index < -0.39 is 41.7 Å². The van der Waals surface area contributed by atoms with E-state index in [1.807, 2.05) is 0 Å². The Morgan fingerprint density at radius 1 is 1.11 bits per heavy atom. The van der Waals surface area contributed by atoms with E-state index in [0.29, 0.717) is 5.56 Å². The van der Waals surface area contributed by atoms with Crippen LogP contribution < -0.4 is 0 Å². The summed E-state index contributed by atoms with van der Waals surface area (Å²) >= 11 is 1.75. The number of halogens is 8. The minimum atomic E-state index is -6.21. The average molecular weight is 527 g/mol. The molecule has 1 saturated heterocycles. The maximum Gasteiger partial charge on any atom is 0.431 e. The molecule has 0 aromatic heterocycles. The lowest BCUT2D eigenvalue weighted by molar-refractivity contribution is -0.348. The number of carbonyl (C=O) groups excluding carboxylic acids is 1. The van der Waals surface area contributed by atoms with Gasteiger partial charge in [-0.3, -0.25) is 9.63 Å². The Balaban J connectivity index is 2.27. The van der Waals surface area contributed by atoms with Gasteiger partial charge in [0.05, 0.1) is 12.0 Å². The molecular weight excluding hydrogens is 510 g/mol. The smallest absolute Gasteiger partial charge is 0.272 e. The molecule has 1 aliphatic rings. The van der Waals surface area contributed by atoms with Gasteiger partial charge in [-0.15, -0.1) is 0 Å². The van der Waals surface area contributed by atoms with Crippen molar-refractivity contribution in [2.75, 3.05) is 11.0 Å². The number of alkyl halides is 8. The summed E-state index contributed by atoms with van der Waals surface area (Å²) in [6, 6.07) is 8.49. The van der Waals surface area contributed by atoms with E-state index in [1.54, 1.807) is 52.9 Å². The third-order valence-corrected chi connectivity index (χ3v) is 5.99. The number of hydroxylamine groups is 2. The van der Waals surface area contributed by atoms with Crippen LogP contribution in [0.3, 0.4) is 0 Å². The molecule has 0 spiro atoms. The summed E-state index contributed by atoms with van der Waals surface area (Å²) in [4.78, 5) is 18.0. The van der Waals surface area contributed by atoms with Gasteiger partial charge in [0, 0.05) is 16.8 Å². The molecule has 0 aliphatic carbocycles. The number of benzene rings is 1. The van der Waals surface area contributed by atoms with Gasteiger partial charge in [-0.25, -0.2) is 9.45 Å². The Morgan fingerprint density at radius 2 is 1.64 bits per heavy atom. The second-order valence-corrected chi connectivity index (χ2v) is 7.75.